The molecular formula is C29H40O7S. The first-order chi connectivity index (χ1) is 17.8. The van der Waals surface area contributed by atoms with Crippen LogP contribution in [0.5, 0.6) is 0 Å². The van der Waals surface area contributed by atoms with Crippen LogP contribution in [0.2, 0.25) is 0 Å². The summed E-state index contributed by atoms with van der Waals surface area (Å²) in [5, 5.41) is 0. The molecule has 2 aromatic carbocycles. The van der Waals surface area contributed by atoms with Crippen molar-refractivity contribution in [3.8, 4) is 0 Å². The Hall–Kier alpha value is -2.52. The van der Waals surface area contributed by atoms with E-state index in [1.807, 2.05) is 73.7 Å². The van der Waals surface area contributed by atoms with E-state index in [1.165, 1.54) is 6.08 Å². The second-order valence-electron chi connectivity index (χ2n) is 9.12. The van der Waals surface area contributed by atoms with Crippen LogP contribution in [0.15, 0.2) is 72.8 Å². The van der Waals surface area contributed by atoms with E-state index < -0.39 is 10.1 Å². The Morgan fingerprint density at radius 1 is 0.973 bits per heavy atom. The lowest BCUT2D eigenvalue weighted by Gasteiger charge is -2.28. The molecule has 0 saturated carbocycles. The maximum absolute atomic E-state index is 11.8. The summed E-state index contributed by atoms with van der Waals surface area (Å²) in [5.41, 5.74) is 2.14. The van der Waals surface area contributed by atoms with Crippen LogP contribution in [0.25, 0.3) is 0 Å². The Morgan fingerprint density at radius 2 is 1.59 bits per heavy atom. The van der Waals surface area contributed by atoms with Crippen LogP contribution in [-0.4, -0.2) is 46.6 Å². The fourth-order valence-corrected chi connectivity index (χ4v) is 4.26. The minimum Gasteiger partial charge on any atom is -0.463 e. The molecule has 0 aliphatic heterocycles. The largest absolute Gasteiger partial charge is 0.463 e. The van der Waals surface area contributed by atoms with E-state index in [2.05, 4.69) is 0 Å². The Labute approximate surface area is 221 Å². The normalized spacial score (nSPS) is 14.4. The number of carbonyl (C=O) groups excluding carboxylic acids is 1. The van der Waals surface area contributed by atoms with Gasteiger partial charge in [0.2, 0.25) is 0 Å². The number of allylic oxidation sites excluding steroid dienone is 1. The number of ether oxygens (including phenoxy) is 3. The van der Waals surface area contributed by atoms with Crippen molar-refractivity contribution < 1.29 is 31.6 Å². The van der Waals surface area contributed by atoms with Gasteiger partial charge >= 0.3 is 5.97 Å². The SMILES string of the molecule is CCOC(=O)/C=C/C[C@@H](CCOCc1ccccc1)C[C@@H](OCc1ccccc1)[C@H](C)COS(C)(=O)=O. The number of benzene rings is 2. The number of carbonyl (C=O) groups is 1. The van der Waals surface area contributed by atoms with Crippen LogP contribution in [-0.2, 0) is 46.5 Å². The Morgan fingerprint density at radius 3 is 2.19 bits per heavy atom. The van der Waals surface area contributed by atoms with Crippen molar-refractivity contribution in [3.63, 3.8) is 0 Å². The summed E-state index contributed by atoms with van der Waals surface area (Å²) >= 11 is 0. The highest BCUT2D eigenvalue weighted by atomic mass is 32.2. The summed E-state index contributed by atoms with van der Waals surface area (Å²) in [6, 6.07) is 19.8. The second-order valence-corrected chi connectivity index (χ2v) is 10.8. The zero-order valence-corrected chi connectivity index (χ0v) is 22.9. The molecule has 0 amide bonds. The fraction of sp³-hybridized carbons (Fsp3) is 0.483. The lowest BCUT2D eigenvalue weighted by atomic mass is 9.89. The smallest absolute Gasteiger partial charge is 0.330 e. The van der Waals surface area contributed by atoms with E-state index in [4.69, 9.17) is 18.4 Å². The van der Waals surface area contributed by atoms with Gasteiger partial charge < -0.3 is 14.2 Å². The summed E-state index contributed by atoms with van der Waals surface area (Å²) in [7, 11) is -3.56. The molecule has 0 heterocycles. The molecule has 3 atom stereocenters. The molecular weight excluding hydrogens is 492 g/mol. The van der Waals surface area contributed by atoms with E-state index in [0.29, 0.717) is 39.3 Å². The van der Waals surface area contributed by atoms with Gasteiger partial charge in [0.15, 0.2) is 0 Å². The van der Waals surface area contributed by atoms with Crippen molar-refractivity contribution in [1.82, 2.24) is 0 Å². The molecule has 0 aliphatic carbocycles. The van der Waals surface area contributed by atoms with Gasteiger partial charge in [0, 0.05) is 18.6 Å². The maximum atomic E-state index is 11.8. The molecule has 8 heteroatoms. The number of esters is 1. The quantitative estimate of drug-likeness (QED) is 0.111. The molecule has 0 fully saturated rings. The standard InChI is InChI=1S/C29H40O7S/c1-4-34-29(30)17-11-16-25(18-19-33-22-26-12-7-5-8-13-26)20-28(24(2)21-36-37(3,31)32)35-23-27-14-9-6-10-15-27/h5-15,17,24-25,28H,4,16,18-23H2,1-3H3/b17-11+/t24-,25+,28-/m1/s1. The van der Waals surface area contributed by atoms with E-state index in [1.54, 1.807) is 6.92 Å². The molecule has 37 heavy (non-hydrogen) atoms. The van der Waals surface area contributed by atoms with Crippen molar-refractivity contribution >= 4 is 16.1 Å². The predicted molar refractivity (Wildman–Crippen MR) is 144 cm³/mol. The highest BCUT2D eigenvalue weighted by Gasteiger charge is 2.24. The third-order valence-electron chi connectivity index (χ3n) is 5.84. The van der Waals surface area contributed by atoms with Gasteiger partial charge in [-0.05, 0) is 43.2 Å². The van der Waals surface area contributed by atoms with Gasteiger partial charge in [-0.1, -0.05) is 73.7 Å². The van der Waals surface area contributed by atoms with Crippen LogP contribution in [0.1, 0.15) is 44.2 Å². The minimum absolute atomic E-state index is 0.0359. The van der Waals surface area contributed by atoms with Crippen molar-refractivity contribution in [2.45, 2.75) is 52.4 Å². The lowest BCUT2D eigenvalue weighted by Crippen LogP contribution is -2.29. The maximum Gasteiger partial charge on any atom is 0.330 e. The second kappa shape index (κ2) is 17.1. The molecule has 0 unspecified atom stereocenters. The van der Waals surface area contributed by atoms with Crippen LogP contribution in [0, 0.1) is 11.8 Å². The van der Waals surface area contributed by atoms with Gasteiger partial charge in [-0.15, -0.1) is 0 Å². The summed E-state index contributed by atoms with van der Waals surface area (Å²) in [6.07, 6.45) is 6.12. The molecule has 0 spiro atoms. The zero-order valence-electron chi connectivity index (χ0n) is 22.1. The van der Waals surface area contributed by atoms with E-state index in [-0.39, 0.29) is 30.5 Å². The summed E-state index contributed by atoms with van der Waals surface area (Å²) in [6.45, 7) is 5.54. The molecule has 0 bridgehead atoms. The van der Waals surface area contributed by atoms with E-state index >= 15 is 0 Å². The van der Waals surface area contributed by atoms with Gasteiger partial charge in [0.05, 0.1) is 38.8 Å². The Kier molecular flexibility index (Phi) is 14.2. The minimum atomic E-state index is -3.56. The van der Waals surface area contributed by atoms with Gasteiger partial charge in [-0.25, -0.2) is 4.79 Å². The predicted octanol–water partition coefficient (Wildman–Crippen LogP) is 5.31. The van der Waals surface area contributed by atoms with Crippen molar-refractivity contribution in [1.29, 1.82) is 0 Å². The van der Waals surface area contributed by atoms with Crippen LogP contribution in [0.3, 0.4) is 0 Å². The van der Waals surface area contributed by atoms with E-state index in [9.17, 15) is 13.2 Å². The monoisotopic (exact) mass is 532 g/mol. The average Bonchev–Trinajstić information content (AvgIpc) is 2.88. The fourth-order valence-electron chi connectivity index (χ4n) is 3.80. The average molecular weight is 533 g/mol. The van der Waals surface area contributed by atoms with Gasteiger partial charge in [0.25, 0.3) is 10.1 Å². The number of hydrogen-bond acceptors (Lipinski definition) is 7. The molecule has 0 aromatic heterocycles. The number of hydrogen-bond donors (Lipinski definition) is 0. The van der Waals surface area contributed by atoms with E-state index in [0.717, 1.165) is 23.8 Å². The molecule has 0 N–H and O–H groups in total. The van der Waals surface area contributed by atoms with Crippen LogP contribution in [0.4, 0.5) is 0 Å². The molecule has 204 valence electrons. The van der Waals surface area contributed by atoms with Crippen molar-refractivity contribution in [3.05, 3.63) is 83.9 Å². The van der Waals surface area contributed by atoms with Crippen LogP contribution < -0.4 is 0 Å². The van der Waals surface area contributed by atoms with Gasteiger partial charge in [-0.2, -0.15) is 8.42 Å². The van der Waals surface area contributed by atoms with Gasteiger partial charge in [0.1, 0.15) is 0 Å². The molecule has 2 rings (SSSR count). The first kappa shape index (κ1) is 30.7. The number of rotatable bonds is 18. The van der Waals surface area contributed by atoms with Crippen molar-refractivity contribution in [2.75, 3.05) is 26.1 Å². The van der Waals surface area contributed by atoms with Crippen LogP contribution >= 0.6 is 0 Å². The lowest BCUT2D eigenvalue weighted by molar-refractivity contribution is -0.137. The highest BCUT2D eigenvalue weighted by Crippen LogP contribution is 2.25. The van der Waals surface area contributed by atoms with Gasteiger partial charge in [-0.3, -0.25) is 4.18 Å². The summed E-state index contributed by atoms with van der Waals surface area (Å²) < 4.78 is 45.4. The third-order valence-corrected chi connectivity index (χ3v) is 6.41. The zero-order chi connectivity index (χ0) is 26.9. The Balaban J connectivity index is 2.06. The third kappa shape index (κ3) is 14.1. The molecule has 0 saturated heterocycles. The first-order valence-electron chi connectivity index (χ1n) is 12.7. The molecule has 0 radical (unpaired) electrons. The molecule has 7 nitrogen and oxygen atoms in total. The molecule has 2 aromatic rings. The topological polar surface area (TPSA) is 88.1 Å². The highest BCUT2D eigenvalue weighted by molar-refractivity contribution is 7.85. The summed E-state index contributed by atoms with van der Waals surface area (Å²) in [4.78, 5) is 11.8. The summed E-state index contributed by atoms with van der Waals surface area (Å²) in [5.74, 6) is -0.392. The Bertz CT molecular complexity index is 1020. The first-order valence-corrected chi connectivity index (χ1v) is 14.5. The van der Waals surface area contributed by atoms with Crippen molar-refractivity contribution in [2.24, 2.45) is 11.8 Å². The molecule has 0 aliphatic rings.